The minimum absolute atomic E-state index is 0.0428. The molecule has 13 heavy (non-hydrogen) atoms. The van der Waals surface area contributed by atoms with E-state index in [1.807, 2.05) is 0 Å². The van der Waals surface area contributed by atoms with Gasteiger partial charge in [0.2, 0.25) is 0 Å². The molecular formula is C10H15NO2. The van der Waals surface area contributed by atoms with Gasteiger partial charge in [0.15, 0.2) is 0 Å². The second-order valence-electron chi connectivity index (χ2n) is 3.76. The Balaban J connectivity index is 1.98. The van der Waals surface area contributed by atoms with E-state index in [9.17, 15) is 0 Å². The molecule has 2 rings (SSSR count). The van der Waals surface area contributed by atoms with Crippen molar-refractivity contribution in [2.24, 2.45) is 5.92 Å². The van der Waals surface area contributed by atoms with Gasteiger partial charge in [-0.3, -0.25) is 0 Å². The van der Waals surface area contributed by atoms with E-state index in [1.165, 1.54) is 0 Å². The summed E-state index contributed by atoms with van der Waals surface area (Å²) in [5, 5.41) is 8.94. The molecule has 0 aliphatic carbocycles. The molecule has 3 nitrogen and oxygen atoms in total. The molecule has 3 unspecified atom stereocenters. The lowest BCUT2D eigenvalue weighted by molar-refractivity contribution is -0.0880. The van der Waals surface area contributed by atoms with Crippen LogP contribution >= 0.6 is 0 Å². The van der Waals surface area contributed by atoms with Gasteiger partial charge in [-0.25, -0.2) is 0 Å². The second-order valence-corrected chi connectivity index (χ2v) is 3.76. The van der Waals surface area contributed by atoms with E-state index < -0.39 is 0 Å². The van der Waals surface area contributed by atoms with Crippen molar-refractivity contribution in [3.63, 3.8) is 0 Å². The minimum atomic E-state index is 0.0428. The average Bonchev–Trinajstić information content (AvgIpc) is 2.70. The largest absolute Gasteiger partial charge is 0.375 e. The number of nitrogens with zero attached hydrogens (tertiary/aromatic N) is 1. The van der Waals surface area contributed by atoms with Crippen LogP contribution in [0.5, 0.6) is 0 Å². The lowest BCUT2D eigenvalue weighted by atomic mass is 9.91. The van der Waals surface area contributed by atoms with E-state index in [1.54, 1.807) is 0 Å². The highest BCUT2D eigenvalue weighted by atomic mass is 16.5. The third kappa shape index (κ3) is 1.84. The van der Waals surface area contributed by atoms with Crippen molar-refractivity contribution in [2.45, 2.75) is 37.9 Å². The molecule has 0 radical (unpaired) electrons. The van der Waals surface area contributed by atoms with Crippen LogP contribution in [0.1, 0.15) is 25.7 Å². The molecule has 3 heteroatoms. The first-order valence-corrected chi connectivity index (χ1v) is 5.04. The van der Waals surface area contributed by atoms with E-state index in [4.69, 9.17) is 14.7 Å². The fourth-order valence-electron chi connectivity index (χ4n) is 2.17. The quantitative estimate of drug-likeness (QED) is 0.615. The van der Waals surface area contributed by atoms with Gasteiger partial charge in [0, 0.05) is 13.2 Å². The third-order valence-electron chi connectivity index (χ3n) is 2.86. The summed E-state index contributed by atoms with van der Waals surface area (Å²) in [7, 11) is 0. The lowest BCUT2D eigenvalue weighted by Crippen LogP contribution is -2.38. The third-order valence-corrected chi connectivity index (χ3v) is 2.86. The van der Waals surface area contributed by atoms with Crippen LogP contribution in [0.25, 0.3) is 0 Å². The highest BCUT2D eigenvalue weighted by Crippen LogP contribution is 2.28. The van der Waals surface area contributed by atoms with E-state index in [0.717, 1.165) is 38.9 Å². The van der Waals surface area contributed by atoms with Crippen molar-refractivity contribution in [1.82, 2.24) is 0 Å². The maximum absolute atomic E-state index is 8.94. The van der Waals surface area contributed by atoms with Gasteiger partial charge in [-0.15, -0.1) is 0 Å². The van der Waals surface area contributed by atoms with Crippen LogP contribution < -0.4 is 0 Å². The Labute approximate surface area is 78.6 Å². The Hall–Kier alpha value is -0.590. The highest BCUT2D eigenvalue weighted by Gasteiger charge is 2.35. The van der Waals surface area contributed by atoms with Gasteiger partial charge in [-0.05, 0) is 25.7 Å². The average molecular weight is 181 g/mol. The van der Waals surface area contributed by atoms with Crippen molar-refractivity contribution >= 4 is 0 Å². The SMILES string of the molecule is N#CC1CCCOC1C1CCCO1. The topological polar surface area (TPSA) is 42.2 Å². The van der Waals surface area contributed by atoms with Crippen molar-refractivity contribution in [2.75, 3.05) is 13.2 Å². The molecule has 0 saturated carbocycles. The van der Waals surface area contributed by atoms with Gasteiger partial charge in [0.1, 0.15) is 0 Å². The fraction of sp³-hybridized carbons (Fsp3) is 0.900. The number of nitriles is 1. The predicted molar refractivity (Wildman–Crippen MR) is 47.1 cm³/mol. The maximum atomic E-state index is 8.94. The summed E-state index contributed by atoms with van der Waals surface area (Å²) in [5.41, 5.74) is 0. The van der Waals surface area contributed by atoms with Crippen molar-refractivity contribution in [3.8, 4) is 6.07 Å². The Morgan fingerprint density at radius 3 is 2.54 bits per heavy atom. The van der Waals surface area contributed by atoms with Crippen LogP contribution in [-0.2, 0) is 9.47 Å². The first-order chi connectivity index (χ1) is 6.42. The van der Waals surface area contributed by atoms with Crippen LogP contribution in [-0.4, -0.2) is 25.4 Å². The molecule has 3 atom stereocenters. The predicted octanol–water partition coefficient (Wildman–Crippen LogP) is 1.48. The van der Waals surface area contributed by atoms with Crippen LogP contribution in [0.4, 0.5) is 0 Å². The van der Waals surface area contributed by atoms with Gasteiger partial charge in [0.25, 0.3) is 0 Å². The zero-order valence-corrected chi connectivity index (χ0v) is 7.74. The first kappa shape index (κ1) is 8.98. The Kier molecular flexibility index (Phi) is 2.82. The molecule has 0 bridgehead atoms. The summed E-state index contributed by atoms with van der Waals surface area (Å²) in [4.78, 5) is 0. The summed E-state index contributed by atoms with van der Waals surface area (Å²) in [6.07, 6.45) is 4.39. The van der Waals surface area contributed by atoms with Gasteiger partial charge in [-0.1, -0.05) is 0 Å². The van der Waals surface area contributed by atoms with E-state index in [0.29, 0.717) is 0 Å². The van der Waals surface area contributed by atoms with Gasteiger partial charge < -0.3 is 9.47 Å². The minimum Gasteiger partial charge on any atom is -0.375 e. The first-order valence-electron chi connectivity index (χ1n) is 5.04. The molecule has 2 heterocycles. The fourth-order valence-corrected chi connectivity index (χ4v) is 2.17. The summed E-state index contributed by atoms with van der Waals surface area (Å²) in [5.74, 6) is 0.0526. The van der Waals surface area contributed by atoms with Crippen molar-refractivity contribution in [3.05, 3.63) is 0 Å². The standard InChI is InChI=1S/C10H15NO2/c11-7-8-3-1-6-13-10(8)9-4-2-5-12-9/h8-10H,1-6H2. The van der Waals surface area contributed by atoms with E-state index in [-0.39, 0.29) is 18.1 Å². The molecule has 2 aliphatic rings. The summed E-state index contributed by atoms with van der Waals surface area (Å²) >= 11 is 0. The van der Waals surface area contributed by atoms with Crippen LogP contribution in [0, 0.1) is 17.2 Å². The summed E-state index contributed by atoms with van der Waals surface area (Å²) in [6, 6.07) is 2.33. The van der Waals surface area contributed by atoms with Crippen molar-refractivity contribution < 1.29 is 9.47 Å². The second kappa shape index (κ2) is 4.08. The number of rotatable bonds is 1. The number of hydrogen-bond acceptors (Lipinski definition) is 3. The van der Waals surface area contributed by atoms with Crippen LogP contribution in [0.2, 0.25) is 0 Å². The molecule has 0 aromatic rings. The molecule has 0 aromatic heterocycles. The van der Waals surface area contributed by atoms with E-state index in [2.05, 4.69) is 6.07 Å². The molecule has 0 spiro atoms. The zero-order chi connectivity index (χ0) is 9.10. The molecular weight excluding hydrogens is 166 g/mol. The molecule has 0 aromatic carbocycles. The van der Waals surface area contributed by atoms with Gasteiger partial charge in [0.05, 0.1) is 24.2 Å². The summed E-state index contributed by atoms with van der Waals surface area (Å²) < 4.78 is 11.2. The molecule has 2 fully saturated rings. The molecule has 0 N–H and O–H groups in total. The summed E-state index contributed by atoms with van der Waals surface area (Å²) in [6.45, 7) is 1.63. The zero-order valence-electron chi connectivity index (χ0n) is 7.74. The monoisotopic (exact) mass is 181 g/mol. The Morgan fingerprint density at radius 2 is 1.85 bits per heavy atom. The van der Waals surface area contributed by atoms with Gasteiger partial charge >= 0.3 is 0 Å². The Bertz CT molecular complexity index is 205. The molecule has 2 saturated heterocycles. The molecule has 2 aliphatic heterocycles. The number of ether oxygens (including phenoxy) is 2. The van der Waals surface area contributed by atoms with Crippen molar-refractivity contribution in [1.29, 1.82) is 5.26 Å². The Morgan fingerprint density at radius 1 is 1.08 bits per heavy atom. The van der Waals surface area contributed by atoms with E-state index >= 15 is 0 Å². The van der Waals surface area contributed by atoms with Crippen LogP contribution in [0.3, 0.4) is 0 Å². The van der Waals surface area contributed by atoms with Gasteiger partial charge in [-0.2, -0.15) is 5.26 Å². The normalized spacial score (nSPS) is 40.1. The smallest absolute Gasteiger partial charge is 0.0994 e. The van der Waals surface area contributed by atoms with Crippen LogP contribution in [0.15, 0.2) is 0 Å². The maximum Gasteiger partial charge on any atom is 0.0994 e. The highest BCUT2D eigenvalue weighted by molar-refractivity contribution is 4.95. The number of hydrogen-bond donors (Lipinski definition) is 0. The molecule has 72 valence electrons. The lowest BCUT2D eigenvalue weighted by Gasteiger charge is -2.31. The molecule has 0 amide bonds.